The van der Waals surface area contributed by atoms with Gasteiger partial charge in [0.25, 0.3) is 0 Å². The minimum atomic E-state index is -0.639. The number of carbonyl (C=O) groups excluding carboxylic acids is 1. The molecule has 0 bridgehead atoms. The van der Waals surface area contributed by atoms with Gasteiger partial charge in [0.05, 0.1) is 0 Å². The predicted molar refractivity (Wildman–Crippen MR) is 100 cm³/mol. The van der Waals surface area contributed by atoms with Gasteiger partial charge in [-0.2, -0.15) is 0 Å². The number of allylic oxidation sites excluding steroid dienone is 2. The molecule has 3 aliphatic carbocycles. The maximum absolute atomic E-state index is 12.3. The largest absolute Gasteiger partial charge is 0.481 e. The van der Waals surface area contributed by atoms with Gasteiger partial charge >= 0.3 is 5.97 Å². The number of amides is 1. The van der Waals surface area contributed by atoms with Crippen LogP contribution in [0.15, 0.2) is 11.3 Å². The van der Waals surface area contributed by atoms with E-state index in [0.29, 0.717) is 36.5 Å². The summed E-state index contributed by atoms with van der Waals surface area (Å²) in [5.74, 6) is 1.89. The van der Waals surface area contributed by atoms with E-state index in [1.54, 1.807) is 0 Å². The van der Waals surface area contributed by atoms with Gasteiger partial charge in [-0.1, -0.05) is 19.4 Å². The average molecular weight is 360 g/mol. The van der Waals surface area contributed by atoms with Crippen LogP contribution < -0.4 is 0 Å². The van der Waals surface area contributed by atoms with Crippen molar-refractivity contribution in [2.45, 2.75) is 72.1 Å². The molecule has 2 saturated carbocycles. The summed E-state index contributed by atoms with van der Waals surface area (Å²) in [4.78, 5) is 25.6. The Morgan fingerprint density at radius 1 is 1.19 bits per heavy atom. The zero-order valence-electron chi connectivity index (χ0n) is 16.7. The fourth-order valence-corrected chi connectivity index (χ4v) is 7.76. The zero-order valence-corrected chi connectivity index (χ0v) is 16.7. The van der Waals surface area contributed by atoms with E-state index in [1.165, 1.54) is 24.1 Å². The second-order valence-electron chi connectivity index (χ2n) is 10.00. The van der Waals surface area contributed by atoms with E-state index in [1.807, 2.05) is 11.9 Å². The summed E-state index contributed by atoms with van der Waals surface area (Å²) < 4.78 is 0. The molecule has 6 atom stereocenters. The van der Waals surface area contributed by atoms with Crippen molar-refractivity contribution in [3.05, 3.63) is 11.3 Å². The van der Waals surface area contributed by atoms with E-state index in [4.69, 9.17) is 0 Å². The maximum atomic E-state index is 12.3. The second-order valence-corrected chi connectivity index (χ2v) is 10.00. The first-order valence-electron chi connectivity index (χ1n) is 10.4. The highest BCUT2D eigenvalue weighted by atomic mass is 16.4. The molecule has 4 rings (SSSR count). The fourth-order valence-electron chi connectivity index (χ4n) is 7.76. The molecule has 0 aromatic heterocycles. The van der Waals surface area contributed by atoms with Crippen LogP contribution in [0.1, 0.15) is 72.1 Å². The molecule has 1 amide bonds. The molecule has 4 aliphatic rings. The summed E-state index contributed by atoms with van der Waals surface area (Å²) in [6, 6.07) is 0. The van der Waals surface area contributed by atoms with E-state index in [9.17, 15) is 14.7 Å². The Kier molecular flexibility index (Phi) is 4.06. The van der Waals surface area contributed by atoms with Gasteiger partial charge in [-0.3, -0.25) is 9.59 Å². The highest BCUT2D eigenvalue weighted by Gasteiger charge is 2.60. The number of nitrogens with zero attached hydrogens (tertiary/aromatic N) is 1. The lowest BCUT2D eigenvalue weighted by Gasteiger charge is -2.59. The van der Waals surface area contributed by atoms with E-state index in [2.05, 4.69) is 20.8 Å². The summed E-state index contributed by atoms with van der Waals surface area (Å²) in [7, 11) is 1.96. The molecule has 1 N–H and O–H groups in total. The summed E-state index contributed by atoms with van der Waals surface area (Å²) in [6.45, 7) is 7.01. The topological polar surface area (TPSA) is 57.6 Å². The molecule has 3 unspecified atom stereocenters. The summed E-state index contributed by atoms with van der Waals surface area (Å²) >= 11 is 0. The summed E-state index contributed by atoms with van der Waals surface area (Å²) in [6.07, 6.45) is 7.65. The van der Waals surface area contributed by atoms with Crippen LogP contribution in [-0.4, -0.2) is 28.9 Å². The minimum absolute atomic E-state index is 0.113. The summed E-state index contributed by atoms with van der Waals surface area (Å²) in [5.41, 5.74) is 3.00. The smallest absolute Gasteiger partial charge is 0.303 e. The number of rotatable bonds is 2. The Bertz CT molecular complexity index is 683. The van der Waals surface area contributed by atoms with Gasteiger partial charge in [0.2, 0.25) is 5.91 Å². The number of piperidine rings is 1. The third kappa shape index (κ3) is 2.33. The van der Waals surface area contributed by atoms with Crippen LogP contribution in [0.3, 0.4) is 0 Å². The number of carboxylic acid groups (broad SMARTS) is 1. The van der Waals surface area contributed by atoms with Crippen LogP contribution in [0.25, 0.3) is 0 Å². The number of hydrogen-bond acceptors (Lipinski definition) is 2. The van der Waals surface area contributed by atoms with Gasteiger partial charge < -0.3 is 10.0 Å². The number of aliphatic carboxylic acids is 1. The van der Waals surface area contributed by atoms with E-state index < -0.39 is 5.97 Å². The average Bonchev–Trinajstić information content (AvgIpc) is 2.88. The molecule has 4 heteroatoms. The third-order valence-electron chi connectivity index (χ3n) is 8.93. The summed E-state index contributed by atoms with van der Waals surface area (Å²) in [5, 5.41) is 9.36. The molecular formula is C22H33NO3. The van der Waals surface area contributed by atoms with Crippen molar-refractivity contribution in [2.75, 3.05) is 7.05 Å². The molecule has 4 nitrogen and oxygen atoms in total. The lowest BCUT2D eigenvalue weighted by Crippen LogP contribution is -2.54. The number of carboxylic acids is 1. The van der Waals surface area contributed by atoms with E-state index in [0.717, 1.165) is 25.7 Å². The number of carbonyl (C=O) groups is 2. The van der Waals surface area contributed by atoms with Crippen LogP contribution >= 0.6 is 0 Å². The second kappa shape index (κ2) is 5.84. The number of hydrogen-bond donors (Lipinski definition) is 1. The quantitative estimate of drug-likeness (QED) is 0.792. The maximum Gasteiger partial charge on any atom is 0.303 e. The van der Waals surface area contributed by atoms with Gasteiger partial charge in [-0.25, -0.2) is 0 Å². The van der Waals surface area contributed by atoms with Gasteiger partial charge in [-0.05, 0) is 74.5 Å². The first-order valence-corrected chi connectivity index (χ1v) is 10.4. The minimum Gasteiger partial charge on any atom is -0.481 e. The fraction of sp³-hybridized carbons (Fsp3) is 0.818. The number of fused-ring (bicyclic) bond motifs is 5. The van der Waals surface area contributed by atoms with Gasteiger partial charge in [0.15, 0.2) is 0 Å². The molecule has 1 aliphatic heterocycles. The highest BCUT2D eigenvalue weighted by molar-refractivity contribution is 5.79. The Balaban J connectivity index is 1.69. The van der Waals surface area contributed by atoms with E-state index >= 15 is 0 Å². The van der Waals surface area contributed by atoms with Crippen molar-refractivity contribution >= 4 is 11.9 Å². The molecule has 0 aromatic carbocycles. The van der Waals surface area contributed by atoms with Crippen LogP contribution in [0.4, 0.5) is 0 Å². The van der Waals surface area contributed by atoms with Gasteiger partial charge in [0.1, 0.15) is 0 Å². The first kappa shape index (κ1) is 18.1. The zero-order chi connectivity index (χ0) is 18.9. The van der Waals surface area contributed by atoms with Crippen molar-refractivity contribution in [1.82, 2.24) is 4.90 Å². The normalized spacial score (nSPS) is 45.2. The molecule has 3 fully saturated rings. The molecule has 0 aromatic rings. The Morgan fingerprint density at radius 3 is 2.62 bits per heavy atom. The first-order chi connectivity index (χ1) is 12.2. The molecular weight excluding hydrogens is 326 g/mol. The van der Waals surface area contributed by atoms with Crippen molar-refractivity contribution in [1.29, 1.82) is 0 Å². The van der Waals surface area contributed by atoms with Crippen molar-refractivity contribution in [2.24, 2.45) is 34.5 Å². The lowest BCUT2D eigenvalue weighted by molar-refractivity contribution is -0.140. The molecule has 1 heterocycles. The Hall–Kier alpha value is -1.32. The molecule has 0 radical (unpaired) electrons. The highest BCUT2D eigenvalue weighted by Crippen LogP contribution is 2.67. The van der Waals surface area contributed by atoms with Crippen LogP contribution in [-0.2, 0) is 9.59 Å². The lowest BCUT2D eigenvalue weighted by atomic mass is 9.48. The Labute approximate surface area is 157 Å². The van der Waals surface area contributed by atoms with Crippen LogP contribution in [0, 0.1) is 34.5 Å². The van der Waals surface area contributed by atoms with Gasteiger partial charge in [0, 0.05) is 31.0 Å². The SMILES string of the molecule is CC1=C2N(C)C(=O)CC[C@]2(C)C2CC[C@@]3(C)C(CC[C@@H]3CC(=O)O)C2C1. The van der Waals surface area contributed by atoms with Crippen LogP contribution in [0.2, 0.25) is 0 Å². The number of likely N-dealkylation sites (tertiary alicyclic amines) is 1. The monoisotopic (exact) mass is 359 g/mol. The standard InChI is InChI=1S/C22H33NO3/c1-13-11-15-16-6-5-14(12-19(25)26)21(16,2)9-7-17(15)22(3)10-8-18(24)23(4)20(13)22/h14-17H,5-12H2,1-4H3,(H,25,26)/t14-,15?,16?,17?,21-,22-/m1/s1. The predicted octanol–water partition coefficient (Wildman–Crippen LogP) is 4.46. The van der Waals surface area contributed by atoms with Crippen molar-refractivity contribution in [3.63, 3.8) is 0 Å². The molecule has 1 saturated heterocycles. The molecule has 26 heavy (non-hydrogen) atoms. The van der Waals surface area contributed by atoms with Gasteiger partial charge in [-0.15, -0.1) is 0 Å². The molecule has 144 valence electrons. The Morgan fingerprint density at radius 2 is 1.92 bits per heavy atom. The van der Waals surface area contributed by atoms with Crippen molar-refractivity contribution < 1.29 is 14.7 Å². The van der Waals surface area contributed by atoms with Crippen LogP contribution in [0.5, 0.6) is 0 Å². The van der Waals surface area contributed by atoms with Crippen molar-refractivity contribution in [3.8, 4) is 0 Å². The third-order valence-corrected chi connectivity index (χ3v) is 8.93. The van der Waals surface area contributed by atoms with E-state index in [-0.39, 0.29) is 16.7 Å². The molecule has 0 spiro atoms.